The summed E-state index contributed by atoms with van der Waals surface area (Å²) in [6.07, 6.45) is 24.9. The molecule has 0 aliphatic carbocycles. The van der Waals surface area contributed by atoms with Crippen molar-refractivity contribution in [1.29, 1.82) is 0 Å². The van der Waals surface area contributed by atoms with Crippen LogP contribution in [0.1, 0.15) is 58.3 Å². The number of hydrogen-bond donors (Lipinski definition) is 1. The van der Waals surface area contributed by atoms with Gasteiger partial charge in [-0.05, 0) is 32.1 Å². The predicted octanol–water partition coefficient (Wildman–Crippen LogP) is 5.20. The Morgan fingerprint density at radius 2 is 1.78 bits per heavy atom. The first-order valence-electron chi connectivity index (χ1n) is 8.76. The second-order valence-corrected chi connectivity index (χ2v) is 5.83. The van der Waals surface area contributed by atoms with Gasteiger partial charge in [-0.2, -0.15) is 0 Å². The van der Waals surface area contributed by atoms with E-state index in [1.165, 1.54) is 25.7 Å². The summed E-state index contributed by atoms with van der Waals surface area (Å²) in [5, 5.41) is 8.50. The fourth-order valence-corrected chi connectivity index (χ4v) is 2.22. The molecule has 128 valence electrons. The van der Waals surface area contributed by atoms with Crippen LogP contribution in [0.25, 0.3) is 0 Å². The number of unbranched alkanes of at least 4 members (excludes halogenated alkanes) is 4. The maximum absolute atomic E-state index is 10.3. The minimum Gasteiger partial charge on any atom is -0.481 e. The van der Waals surface area contributed by atoms with Crippen LogP contribution in [-0.4, -0.2) is 23.3 Å². The van der Waals surface area contributed by atoms with Crippen molar-refractivity contribution in [2.24, 2.45) is 0 Å². The fourth-order valence-electron chi connectivity index (χ4n) is 2.22. The lowest BCUT2D eigenvalue weighted by molar-refractivity contribution is -0.137. The molecule has 1 rings (SSSR count). The average molecular weight is 318 g/mol. The molecule has 0 aromatic rings. The van der Waals surface area contributed by atoms with Crippen molar-refractivity contribution in [3.05, 3.63) is 48.6 Å². The fraction of sp³-hybridized carbons (Fsp3) is 0.550. The molecule has 0 saturated carbocycles. The van der Waals surface area contributed by atoms with Crippen molar-refractivity contribution in [3.63, 3.8) is 0 Å². The quantitative estimate of drug-likeness (QED) is 0.220. The Morgan fingerprint density at radius 3 is 2.57 bits per heavy atom. The van der Waals surface area contributed by atoms with Crippen LogP contribution in [0.3, 0.4) is 0 Å². The predicted molar refractivity (Wildman–Crippen MR) is 95.5 cm³/mol. The van der Waals surface area contributed by atoms with Gasteiger partial charge in [0.2, 0.25) is 0 Å². The van der Waals surface area contributed by atoms with E-state index in [0.29, 0.717) is 12.5 Å². The maximum atomic E-state index is 10.3. The molecule has 3 nitrogen and oxygen atoms in total. The summed E-state index contributed by atoms with van der Waals surface area (Å²) in [6, 6.07) is 0. The van der Waals surface area contributed by atoms with E-state index in [1.807, 2.05) is 30.4 Å². The largest absolute Gasteiger partial charge is 0.481 e. The number of allylic oxidation sites excluding steroid dienone is 6. The minimum absolute atomic E-state index is 0.238. The highest BCUT2D eigenvalue weighted by Gasteiger charge is 2.34. The zero-order valence-corrected chi connectivity index (χ0v) is 14.2. The van der Waals surface area contributed by atoms with Gasteiger partial charge in [-0.1, -0.05) is 68.4 Å². The van der Waals surface area contributed by atoms with Gasteiger partial charge in [0.25, 0.3) is 0 Å². The van der Waals surface area contributed by atoms with Crippen molar-refractivity contribution < 1.29 is 14.6 Å². The topological polar surface area (TPSA) is 49.8 Å². The number of aliphatic carboxylic acids is 1. The first-order chi connectivity index (χ1) is 11.2. The summed E-state index contributed by atoms with van der Waals surface area (Å²) in [6.45, 7) is 2.22. The molecule has 23 heavy (non-hydrogen) atoms. The smallest absolute Gasteiger partial charge is 0.303 e. The van der Waals surface area contributed by atoms with Crippen LogP contribution in [0.4, 0.5) is 0 Å². The Kier molecular flexibility index (Phi) is 10.9. The second kappa shape index (κ2) is 12.9. The van der Waals surface area contributed by atoms with Gasteiger partial charge in [-0.15, -0.1) is 0 Å². The summed E-state index contributed by atoms with van der Waals surface area (Å²) in [4.78, 5) is 10.3. The molecule has 1 heterocycles. The normalized spacial score (nSPS) is 21.3. The summed E-state index contributed by atoms with van der Waals surface area (Å²) in [5.74, 6) is -0.730. The highest BCUT2D eigenvalue weighted by molar-refractivity contribution is 5.66. The molecule has 1 saturated heterocycles. The number of carbonyl (C=O) groups is 1. The van der Waals surface area contributed by atoms with E-state index in [1.54, 1.807) is 0 Å². The molecule has 1 aliphatic rings. The molecule has 1 N–H and O–H groups in total. The molecule has 0 spiro atoms. The third-order valence-electron chi connectivity index (χ3n) is 3.66. The molecule has 0 aromatic heterocycles. The van der Waals surface area contributed by atoms with Gasteiger partial charge in [-0.3, -0.25) is 4.79 Å². The molecule has 0 amide bonds. The molecule has 3 heteroatoms. The van der Waals surface area contributed by atoms with E-state index in [4.69, 9.17) is 9.84 Å². The monoisotopic (exact) mass is 318 g/mol. The average Bonchev–Trinajstić information content (AvgIpc) is 3.27. The van der Waals surface area contributed by atoms with E-state index in [9.17, 15) is 4.79 Å². The number of epoxide rings is 1. The van der Waals surface area contributed by atoms with Gasteiger partial charge < -0.3 is 9.84 Å². The van der Waals surface area contributed by atoms with Crippen LogP contribution in [0, 0.1) is 0 Å². The maximum Gasteiger partial charge on any atom is 0.303 e. The van der Waals surface area contributed by atoms with Crippen molar-refractivity contribution in [2.45, 2.75) is 70.5 Å². The Balaban J connectivity index is 2.01. The van der Waals surface area contributed by atoms with Crippen LogP contribution in [-0.2, 0) is 9.53 Å². The van der Waals surface area contributed by atoms with Crippen molar-refractivity contribution in [1.82, 2.24) is 0 Å². The molecule has 0 aromatic carbocycles. The first-order valence-corrected chi connectivity index (χ1v) is 8.76. The molecule has 2 unspecified atom stereocenters. The highest BCUT2D eigenvalue weighted by Crippen LogP contribution is 2.26. The van der Waals surface area contributed by atoms with Crippen LogP contribution in [0.2, 0.25) is 0 Å². The van der Waals surface area contributed by atoms with E-state index in [0.717, 1.165) is 12.8 Å². The molecule has 0 bridgehead atoms. The number of rotatable bonds is 13. The standard InChI is InChI=1S/C20H30O3/c1-2-3-4-5-9-12-15-18-19(23-18)16-13-10-7-6-8-11-14-17-20(21)22/h6-10,12-13,16,18-19H,2-5,11,14-15,17H2,1H3,(H,21,22). The summed E-state index contributed by atoms with van der Waals surface area (Å²) < 4.78 is 5.58. The molecular weight excluding hydrogens is 288 g/mol. The van der Waals surface area contributed by atoms with Gasteiger partial charge >= 0.3 is 5.97 Å². The zero-order valence-electron chi connectivity index (χ0n) is 14.2. The number of hydrogen-bond acceptors (Lipinski definition) is 2. The first kappa shape index (κ1) is 19.4. The molecule has 2 atom stereocenters. The van der Waals surface area contributed by atoms with E-state index >= 15 is 0 Å². The summed E-state index contributed by atoms with van der Waals surface area (Å²) in [5.41, 5.74) is 0. The molecule has 1 fully saturated rings. The Labute approximate surface area is 140 Å². The van der Waals surface area contributed by atoms with Crippen molar-refractivity contribution in [2.75, 3.05) is 0 Å². The van der Waals surface area contributed by atoms with Gasteiger partial charge in [-0.25, -0.2) is 0 Å². The SMILES string of the molecule is CCCCCC=CCC1OC1C=CC=CC=CCCCC(=O)O. The Hall–Kier alpha value is -1.61. The van der Waals surface area contributed by atoms with Crippen LogP contribution in [0.15, 0.2) is 48.6 Å². The van der Waals surface area contributed by atoms with Crippen LogP contribution >= 0.6 is 0 Å². The third-order valence-corrected chi connectivity index (χ3v) is 3.66. The van der Waals surface area contributed by atoms with Gasteiger partial charge in [0, 0.05) is 6.42 Å². The number of ether oxygens (including phenoxy) is 1. The van der Waals surface area contributed by atoms with Crippen LogP contribution < -0.4 is 0 Å². The number of carboxylic acids is 1. The Bertz CT molecular complexity index is 432. The molecule has 1 aliphatic heterocycles. The van der Waals surface area contributed by atoms with Gasteiger partial charge in [0.05, 0.1) is 6.10 Å². The van der Waals surface area contributed by atoms with E-state index in [2.05, 4.69) is 25.2 Å². The van der Waals surface area contributed by atoms with Crippen molar-refractivity contribution >= 4 is 5.97 Å². The second-order valence-electron chi connectivity index (χ2n) is 5.83. The van der Waals surface area contributed by atoms with Gasteiger partial charge in [0.15, 0.2) is 0 Å². The van der Waals surface area contributed by atoms with Gasteiger partial charge in [0.1, 0.15) is 6.10 Å². The van der Waals surface area contributed by atoms with Crippen molar-refractivity contribution in [3.8, 4) is 0 Å². The third kappa shape index (κ3) is 11.6. The molecular formula is C20H30O3. The summed E-state index contributed by atoms with van der Waals surface area (Å²) in [7, 11) is 0. The minimum atomic E-state index is -0.730. The Morgan fingerprint density at radius 1 is 1.00 bits per heavy atom. The number of carboxylic acid groups (broad SMARTS) is 1. The zero-order chi connectivity index (χ0) is 16.8. The summed E-state index contributed by atoms with van der Waals surface area (Å²) >= 11 is 0. The lowest BCUT2D eigenvalue weighted by atomic mass is 10.1. The highest BCUT2D eigenvalue weighted by atomic mass is 16.6. The van der Waals surface area contributed by atoms with E-state index in [-0.39, 0.29) is 12.5 Å². The molecule has 0 radical (unpaired) electrons. The lowest BCUT2D eigenvalue weighted by Crippen LogP contribution is -1.92. The lowest BCUT2D eigenvalue weighted by Gasteiger charge is -1.91. The van der Waals surface area contributed by atoms with Crippen LogP contribution in [0.5, 0.6) is 0 Å². The van der Waals surface area contributed by atoms with E-state index < -0.39 is 5.97 Å².